The van der Waals surface area contributed by atoms with Gasteiger partial charge in [0.15, 0.2) is 0 Å². The summed E-state index contributed by atoms with van der Waals surface area (Å²) in [6, 6.07) is 17.6. The van der Waals surface area contributed by atoms with E-state index in [4.69, 9.17) is 11.6 Å². The van der Waals surface area contributed by atoms with Gasteiger partial charge in [-0.1, -0.05) is 41.9 Å². The van der Waals surface area contributed by atoms with Crippen molar-refractivity contribution in [2.45, 2.75) is 17.7 Å². The van der Waals surface area contributed by atoms with Crippen LogP contribution in [0.3, 0.4) is 0 Å². The monoisotopic (exact) mass is 458 g/mol. The van der Waals surface area contributed by atoms with E-state index < -0.39 is 15.9 Å². The minimum absolute atomic E-state index is 0.0623. The van der Waals surface area contributed by atoms with Gasteiger partial charge in [-0.2, -0.15) is 0 Å². The fourth-order valence-corrected chi connectivity index (χ4v) is 5.60. The second-order valence-electron chi connectivity index (χ2n) is 7.23. The first-order valence-electron chi connectivity index (χ1n) is 9.79. The van der Waals surface area contributed by atoms with Crippen molar-refractivity contribution in [3.05, 3.63) is 94.3 Å². The molecule has 160 valence electrons. The number of hydrogen-bond donors (Lipinski definition) is 1. The number of sulfonamides is 1. The molecule has 1 N–H and O–H groups in total. The highest BCUT2D eigenvalue weighted by Crippen LogP contribution is 2.35. The van der Waals surface area contributed by atoms with Crippen LogP contribution in [0.15, 0.2) is 71.6 Å². The number of benzene rings is 3. The van der Waals surface area contributed by atoms with Crippen molar-refractivity contribution in [1.29, 1.82) is 0 Å². The Morgan fingerprint density at radius 2 is 1.81 bits per heavy atom. The lowest BCUT2D eigenvalue weighted by molar-refractivity contribution is 0.0954. The maximum Gasteiger partial charge on any atom is 0.265 e. The van der Waals surface area contributed by atoms with Crippen molar-refractivity contribution < 1.29 is 17.6 Å². The smallest absolute Gasteiger partial charge is 0.265 e. The standard InChI is InChI=1S/C23H20ClFN2O3S/c24-20-10-7-18(23(28)26-13-11-16-5-8-19(25)9-6-16)15-22(20)31(29,30)27-14-12-17-3-1-2-4-21(17)27/h1-10,15H,11-14H2,(H,26,28). The van der Waals surface area contributed by atoms with Gasteiger partial charge < -0.3 is 5.32 Å². The fraction of sp³-hybridized carbons (Fsp3) is 0.174. The molecule has 8 heteroatoms. The summed E-state index contributed by atoms with van der Waals surface area (Å²) in [5.41, 5.74) is 2.67. The molecule has 0 atom stereocenters. The normalized spacial score (nSPS) is 13.2. The first-order chi connectivity index (χ1) is 14.9. The zero-order valence-corrected chi connectivity index (χ0v) is 18.1. The van der Waals surface area contributed by atoms with E-state index in [2.05, 4.69) is 5.32 Å². The van der Waals surface area contributed by atoms with Crippen molar-refractivity contribution in [1.82, 2.24) is 5.32 Å². The van der Waals surface area contributed by atoms with Gasteiger partial charge in [0.25, 0.3) is 15.9 Å². The second-order valence-corrected chi connectivity index (χ2v) is 9.47. The van der Waals surface area contributed by atoms with E-state index in [9.17, 15) is 17.6 Å². The third-order valence-corrected chi connectivity index (χ3v) is 7.51. The van der Waals surface area contributed by atoms with Crippen LogP contribution >= 0.6 is 11.6 Å². The average Bonchev–Trinajstić information content (AvgIpc) is 3.20. The molecule has 0 fully saturated rings. The number of para-hydroxylation sites is 1. The molecule has 0 spiro atoms. The molecule has 3 aromatic carbocycles. The van der Waals surface area contributed by atoms with Crippen molar-refractivity contribution in [3.63, 3.8) is 0 Å². The molecule has 0 unspecified atom stereocenters. The van der Waals surface area contributed by atoms with Crippen molar-refractivity contribution >= 4 is 33.2 Å². The highest BCUT2D eigenvalue weighted by Gasteiger charge is 2.32. The summed E-state index contributed by atoms with van der Waals surface area (Å²) in [6.45, 7) is 0.654. The minimum Gasteiger partial charge on any atom is -0.352 e. The largest absolute Gasteiger partial charge is 0.352 e. The zero-order chi connectivity index (χ0) is 22.0. The first-order valence-corrected chi connectivity index (χ1v) is 11.6. The SMILES string of the molecule is O=C(NCCc1ccc(F)cc1)c1ccc(Cl)c(S(=O)(=O)N2CCc3ccccc32)c1. The molecule has 0 radical (unpaired) electrons. The minimum atomic E-state index is -3.92. The first kappa shape index (κ1) is 21.3. The van der Waals surface area contributed by atoms with Crippen molar-refractivity contribution in [3.8, 4) is 0 Å². The summed E-state index contributed by atoms with van der Waals surface area (Å²) in [6.07, 6.45) is 1.14. The van der Waals surface area contributed by atoms with Gasteiger partial charge >= 0.3 is 0 Å². The van der Waals surface area contributed by atoms with E-state index in [-0.39, 0.29) is 21.3 Å². The van der Waals surface area contributed by atoms with Gasteiger partial charge in [-0.3, -0.25) is 9.10 Å². The van der Waals surface area contributed by atoms with E-state index in [0.29, 0.717) is 31.6 Å². The predicted octanol–water partition coefficient (Wildman–Crippen LogP) is 4.20. The van der Waals surface area contributed by atoms with Crippen LogP contribution in [0.5, 0.6) is 0 Å². The maximum absolute atomic E-state index is 13.3. The van der Waals surface area contributed by atoms with Crippen LogP contribution in [0, 0.1) is 5.82 Å². The average molecular weight is 459 g/mol. The van der Waals surface area contributed by atoms with Crippen LogP contribution in [0.1, 0.15) is 21.5 Å². The zero-order valence-electron chi connectivity index (χ0n) is 16.5. The molecule has 0 saturated carbocycles. The summed E-state index contributed by atoms with van der Waals surface area (Å²) >= 11 is 6.22. The Hall–Kier alpha value is -2.90. The Bertz CT molecular complexity index is 1230. The molecule has 31 heavy (non-hydrogen) atoms. The van der Waals surface area contributed by atoms with Crippen LogP contribution in [0.25, 0.3) is 0 Å². The van der Waals surface area contributed by atoms with Gasteiger partial charge in [0.05, 0.1) is 10.7 Å². The lowest BCUT2D eigenvalue weighted by Crippen LogP contribution is -2.30. The van der Waals surface area contributed by atoms with Crippen LogP contribution in [0.2, 0.25) is 5.02 Å². The molecule has 1 aliphatic rings. The predicted molar refractivity (Wildman–Crippen MR) is 119 cm³/mol. The Balaban J connectivity index is 1.51. The Kier molecular flexibility index (Phi) is 5.98. The molecule has 1 heterocycles. The summed E-state index contributed by atoms with van der Waals surface area (Å²) in [5, 5.41) is 2.82. The van der Waals surface area contributed by atoms with Gasteiger partial charge in [0.2, 0.25) is 0 Å². The van der Waals surface area contributed by atoms with Crippen LogP contribution in [-0.2, 0) is 22.9 Å². The van der Waals surface area contributed by atoms with Crippen molar-refractivity contribution in [2.75, 3.05) is 17.4 Å². The molecule has 1 amide bonds. The molecule has 0 bridgehead atoms. The number of carbonyl (C=O) groups excluding carboxylic acids is 1. The van der Waals surface area contributed by atoms with E-state index in [1.165, 1.54) is 34.6 Å². The Labute approximate surface area is 185 Å². The molecule has 0 aliphatic carbocycles. The van der Waals surface area contributed by atoms with Gasteiger partial charge in [-0.15, -0.1) is 0 Å². The Morgan fingerprint density at radius 3 is 2.58 bits per heavy atom. The molecule has 5 nitrogen and oxygen atoms in total. The fourth-order valence-electron chi connectivity index (χ4n) is 3.59. The summed E-state index contributed by atoms with van der Waals surface area (Å²) < 4.78 is 40.9. The summed E-state index contributed by atoms with van der Waals surface area (Å²) in [4.78, 5) is 12.5. The van der Waals surface area contributed by atoms with Crippen molar-refractivity contribution in [2.24, 2.45) is 0 Å². The van der Waals surface area contributed by atoms with E-state index >= 15 is 0 Å². The lowest BCUT2D eigenvalue weighted by Gasteiger charge is -2.20. The maximum atomic E-state index is 13.3. The quantitative estimate of drug-likeness (QED) is 0.602. The number of fused-ring (bicyclic) bond motifs is 1. The van der Waals surface area contributed by atoms with E-state index in [0.717, 1.165) is 11.1 Å². The lowest BCUT2D eigenvalue weighted by atomic mass is 10.1. The second kappa shape index (κ2) is 8.69. The van der Waals surface area contributed by atoms with Gasteiger partial charge in [0, 0.05) is 18.7 Å². The number of nitrogens with one attached hydrogen (secondary N) is 1. The van der Waals surface area contributed by atoms with Gasteiger partial charge in [-0.05, 0) is 60.4 Å². The number of hydrogen-bond acceptors (Lipinski definition) is 3. The van der Waals surface area contributed by atoms with E-state index in [1.807, 2.05) is 12.1 Å². The summed E-state index contributed by atoms with van der Waals surface area (Å²) in [5.74, 6) is -0.722. The molecule has 4 rings (SSSR count). The van der Waals surface area contributed by atoms with Crippen LogP contribution < -0.4 is 9.62 Å². The molecular formula is C23H20ClFN2O3S. The van der Waals surface area contributed by atoms with E-state index in [1.54, 1.807) is 24.3 Å². The van der Waals surface area contributed by atoms with Gasteiger partial charge in [0.1, 0.15) is 10.7 Å². The number of rotatable bonds is 6. The third kappa shape index (κ3) is 4.43. The number of anilines is 1. The molecule has 0 saturated heterocycles. The number of amides is 1. The molecule has 3 aromatic rings. The number of halogens is 2. The number of carbonyl (C=O) groups is 1. The molecule has 0 aromatic heterocycles. The summed E-state index contributed by atoms with van der Waals surface area (Å²) in [7, 11) is -3.92. The van der Waals surface area contributed by atoms with Crippen LogP contribution in [-0.4, -0.2) is 27.4 Å². The highest BCUT2D eigenvalue weighted by molar-refractivity contribution is 7.93. The number of nitrogens with zero attached hydrogens (tertiary/aromatic N) is 1. The Morgan fingerprint density at radius 1 is 1.06 bits per heavy atom. The van der Waals surface area contributed by atoms with Crippen LogP contribution in [0.4, 0.5) is 10.1 Å². The molecule has 1 aliphatic heterocycles. The third-order valence-electron chi connectivity index (χ3n) is 5.22. The molecular weight excluding hydrogens is 439 g/mol. The highest BCUT2D eigenvalue weighted by atomic mass is 35.5. The topological polar surface area (TPSA) is 66.5 Å². The van der Waals surface area contributed by atoms with Gasteiger partial charge in [-0.25, -0.2) is 12.8 Å².